The van der Waals surface area contributed by atoms with Crippen molar-refractivity contribution in [2.45, 2.75) is 52.7 Å². The lowest BCUT2D eigenvalue weighted by Gasteiger charge is -2.12. The van der Waals surface area contributed by atoms with Crippen molar-refractivity contribution in [3.63, 3.8) is 0 Å². The molecule has 3 rings (SSSR count). The quantitative estimate of drug-likeness (QED) is 0.169. The van der Waals surface area contributed by atoms with Crippen LogP contribution in [0.4, 0.5) is 0 Å². The molecule has 0 aliphatic carbocycles. The molecule has 0 heterocycles. The first-order chi connectivity index (χ1) is 23.2. The van der Waals surface area contributed by atoms with Crippen LogP contribution >= 0.6 is 0 Å². The predicted octanol–water partition coefficient (Wildman–Crippen LogP) is 6.50. The summed E-state index contributed by atoms with van der Waals surface area (Å²) < 4.78 is 22.1. The maximum atomic E-state index is 11.3. The molecular formula is C40H42O8. The van der Waals surface area contributed by atoms with E-state index in [4.69, 9.17) is 18.9 Å². The number of ether oxygens (including phenoxy) is 4. The topological polar surface area (TPSA) is 112 Å². The van der Waals surface area contributed by atoms with Crippen molar-refractivity contribution in [2.24, 2.45) is 0 Å². The highest BCUT2D eigenvalue weighted by Crippen LogP contribution is 2.16. The normalized spacial score (nSPS) is 12.5. The largest absolute Gasteiger partial charge is 0.490 e. The summed E-state index contributed by atoms with van der Waals surface area (Å²) in [6.45, 7) is 8.81. The Balaban J connectivity index is 1.43. The zero-order valence-electron chi connectivity index (χ0n) is 27.8. The molecular weight excluding hydrogens is 608 g/mol. The van der Waals surface area contributed by atoms with E-state index >= 15 is 0 Å². The maximum absolute atomic E-state index is 11.3. The summed E-state index contributed by atoms with van der Waals surface area (Å²) in [7, 11) is 0. The van der Waals surface area contributed by atoms with Crippen LogP contribution in [0.1, 0.15) is 49.9 Å². The van der Waals surface area contributed by atoms with Crippen LogP contribution in [0.3, 0.4) is 0 Å². The van der Waals surface area contributed by atoms with Crippen molar-refractivity contribution in [1.29, 1.82) is 0 Å². The smallest absolute Gasteiger partial charge is 0.333 e. The van der Waals surface area contributed by atoms with Crippen molar-refractivity contribution >= 4 is 11.9 Å². The van der Waals surface area contributed by atoms with E-state index in [1.54, 1.807) is 13.8 Å². The van der Waals surface area contributed by atoms with E-state index in [-0.39, 0.29) is 0 Å². The molecule has 2 atom stereocenters. The monoisotopic (exact) mass is 650 g/mol. The van der Waals surface area contributed by atoms with Gasteiger partial charge in [-0.15, -0.1) is 0 Å². The minimum absolute atomic E-state index is 0.298. The standard InChI is InChI=1S/C40H42O8/c1-5-45-37(39(41)42)27-33-15-19-35(20-16-33)47-25-23-29(3)7-9-31-11-13-32(14-12-31)10-8-30(4)24-26-48-36-21-17-34(18-22-36)28-38(40(43)44)46-6-2/h11-24,37-38H,5-6,25-28H2,1-4H3,(H,41,42)(H,43,44)/b29-23+,30-24+. The van der Waals surface area contributed by atoms with Gasteiger partial charge in [0.2, 0.25) is 0 Å². The Labute approximate surface area is 283 Å². The highest BCUT2D eigenvalue weighted by atomic mass is 16.5. The molecule has 0 fully saturated rings. The molecule has 250 valence electrons. The summed E-state index contributed by atoms with van der Waals surface area (Å²) in [6.07, 6.45) is 2.69. The minimum Gasteiger partial charge on any atom is -0.490 e. The van der Waals surface area contributed by atoms with Gasteiger partial charge in [0.05, 0.1) is 0 Å². The number of carbonyl (C=O) groups is 2. The van der Waals surface area contributed by atoms with Gasteiger partial charge in [0, 0.05) is 37.2 Å². The van der Waals surface area contributed by atoms with E-state index in [2.05, 4.69) is 23.7 Å². The van der Waals surface area contributed by atoms with Gasteiger partial charge >= 0.3 is 11.9 Å². The van der Waals surface area contributed by atoms with Gasteiger partial charge in [-0.25, -0.2) is 9.59 Å². The van der Waals surface area contributed by atoms with Crippen LogP contribution in [-0.2, 0) is 31.9 Å². The van der Waals surface area contributed by atoms with Gasteiger partial charge in [0.1, 0.15) is 24.7 Å². The Morgan fingerprint density at radius 1 is 0.625 bits per heavy atom. The molecule has 3 aromatic carbocycles. The molecule has 0 bridgehead atoms. The fourth-order valence-electron chi connectivity index (χ4n) is 4.32. The van der Waals surface area contributed by atoms with E-state index in [1.165, 1.54) is 0 Å². The van der Waals surface area contributed by atoms with Gasteiger partial charge in [-0.05, 0) is 111 Å². The highest BCUT2D eigenvalue weighted by molar-refractivity contribution is 5.73. The lowest BCUT2D eigenvalue weighted by molar-refractivity contribution is -0.150. The Morgan fingerprint density at radius 3 is 1.29 bits per heavy atom. The third-order valence-electron chi connectivity index (χ3n) is 6.95. The Hall–Kier alpha value is -5.28. The highest BCUT2D eigenvalue weighted by Gasteiger charge is 2.18. The Morgan fingerprint density at radius 2 is 0.979 bits per heavy atom. The number of allylic oxidation sites excluding steroid dienone is 2. The van der Waals surface area contributed by atoms with E-state index in [0.29, 0.717) is 50.8 Å². The molecule has 48 heavy (non-hydrogen) atoms. The second-order valence-electron chi connectivity index (χ2n) is 10.7. The van der Waals surface area contributed by atoms with E-state index in [0.717, 1.165) is 33.4 Å². The SMILES string of the molecule is CCOC(Cc1ccc(OC/C=C(\C)C#Cc2ccc(C#C/C(C)=C/COc3ccc(CC(OCC)C(=O)O)cc3)cc2)cc1)C(=O)O. The van der Waals surface area contributed by atoms with Crippen molar-refractivity contribution in [2.75, 3.05) is 26.4 Å². The summed E-state index contributed by atoms with van der Waals surface area (Å²) in [5.74, 6) is 12.0. The third-order valence-corrected chi connectivity index (χ3v) is 6.95. The summed E-state index contributed by atoms with van der Waals surface area (Å²) >= 11 is 0. The first-order valence-electron chi connectivity index (χ1n) is 15.8. The van der Waals surface area contributed by atoms with E-state index < -0.39 is 24.1 Å². The number of aliphatic carboxylic acids is 2. The molecule has 0 saturated heterocycles. The minimum atomic E-state index is -0.972. The molecule has 0 aliphatic heterocycles. The van der Waals surface area contributed by atoms with E-state index in [9.17, 15) is 19.8 Å². The predicted molar refractivity (Wildman–Crippen MR) is 185 cm³/mol. The van der Waals surface area contributed by atoms with Gasteiger partial charge in [0.25, 0.3) is 0 Å². The summed E-state index contributed by atoms with van der Waals surface area (Å²) in [5, 5.41) is 18.5. The Bertz CT molecular complexity index is 1540. The van der Waals surface area contributed by atoms with Crippen LogP contribution < -0.4 is 9.47 Å². The second-order valence-corrected chi connectivity index (χ2v) is 10.7. The molecule has 0 aliphatic rings. The fourth-order valence-corrected chi connectivity index (χ4v) is 4.32. The molecule has 0 amide bonds. The number of rotatable bonds is 16. The van der Waals surface area contributed by atoms with Crippen LogP contribution in [0, 0.1) is 23.7 Å². The fraction of sp³-hybridized carbons (Fsp3) is 0.300. The van der Waals surface area contributed by atoms with Crippen molar-refractivity contribution < 1.29 is 38.7 Å². The Kier molecular flexibility index (Phi) is 15.5. The number of hydrogen-bond acceptors (Lipinski definition) is 6. The van der Waals surface area contributed by atoms with Crippen LogP contribution in [0.25, 0.3) is 0 Å². The van der Waals surface area contributed by atoms with Crippen LogP contribution in [0.5, 0.6) is 11.5 Å². The molecule has 8 heteroatoms. The average molecular weight is 651 g/mol. The van der Waals surface area contributed by atoms with Crippen molar-refractivity contribution in [1.82, 2.24) is 0 Å². The van der Waals surface area contributed by atoms with Gasteiger partial charge in [-0.1, -0.05) is 47.9 Å². The molecule has 2 N–H and O–H groups in total. The van der Waals surface area contributed by atoms with Crippen molar-refractivity contribution in [3.8, 4) is 35.2 Å². The molecule has 3 aromatic rings. The summed E-state index contributed by atoms with van der Waals surface area (Å²) in [4.78, 5) is 22.6. The van der Waals surface area contributed by atoms with Crippen LogP contribution in [-0.4, -0.2) is 60.8 Å². The van der Waals surface area contributed by atoms with Gasteiger partial charge in [-0.3, -0.25) is 0 Å². The number of benzene rings is 3. The average Bonchev–Trinajstić information content (AvgIpc) is 3.08. The van der Waals surface area contributed by atoms with Crippen molar-refractivity contribution in [3.05, 3.63) is 118 Å². The van der Waals surface area contributed by atoms with Gasteiger partial charge < -0.3 is 29.2 Å². The van der Waals surface area contributed by atoms with Crippen LogP contribution in [0.15, 0.2) is 96.1 Å². The number of hydrogen-bond donors (Lipinski definition) is 2. The van der Waals surface area contributed by atoms with Crippen LogP contribution in [0.2, 0.25) is 0 Å². The second kappa shape index (κ2) is 20.1. The number of carboxylic acids is 2. The lowest BCUT2D eigenvalue weighted by Crippen LogP contribution is -2.26. The first kappa shape index (κ1) is 37.2. The molecule has 0 aromatic heterocycles. The molecule has 2 unspecified atom stereocenters. The zero-order chi connectivity index (χ0) is 34.7. The number of carboxylic acid groups (broad SMARTS) is 2. The first-order valence-corrected chi connectivity index (χ1v) is 15.8. The van der Waals surface area contributed by atoms with Gasteiger partial charge in [0.15, 0.2) is 12.2 Å². The van der Waals surface area contributed by atoms with E-state index in [1.807, 2.05) is 98.8 Å². The molecule has 0 saturated carbocycles. The third kappa shape index (κ3) is 13.6. The zero-order valence-corrected chi connectivity index (χ0v) is 27.8. The van der Waals surface area contributed by atoms with Gasteiger partial charge in [-0.2, -0.15) is 0 Å². The molecule has 0 spiro atoms. The summed E-state index contributed by atoms with van der Waals surface area (Å²) in [5.41, 5.74) is 5.23. The molecule has 8 nitrogen and oxygen atoms in total. The maximum Gasteiger partial charge on any atom is 0.333 e. The summed E-state index contributed by atoms with van der Waals surface area (Å²) in [6, 6.07) is 22.4. The molecule has 0 radical (unpaired) electrons. The lowest BCUT2D eigenvalue weighted by atomic mass is 10.1.